The van der Waals surface area contributed by atoms with Gasteiger partial charge in [0.2, 0.25) is 0 Å². The number of carbonyl (C=O) groups excluding carboxylic acids is 2. The molecule has 0 saturated carbocycles. The van der Waals surface area contributed by atoms with Crippen molar-refractivity contribution in [2.24, 2.45) is 0 Å². The number of rotatable bonds is 8. The number of nitrogens with one attached hydrogen (secondary N) is 1. The molecule has 3 aromatic carbocycles. The molecule has 3 rings (SSSR count). The summed E-state index contributed by atoms with van der Waals surface area (Å²) in [5.74, 6) is 0.961. The number of hydrogen-bond donors (Lipinski definition) is 1. The van der Waals surface area contributed by atoms with Gasteiger partial charge in [-0.25, -0.2) is 0 Å². The zero-order valence-electron chi connectivity index (χ0n) is 15.1. The average Bonchev–Trinajstić information content (AvgIpc) is 2.74. The van der Waals surface area contributed by atoms with Gasteiger partial charge in [0.05, 0.1) is 10.5 Å². The average molecular weight is 392 g/mol. The van der Waals surface area contributed by atoms with Crippen LogP contribution in [0.5, 0.6) is 17.2 Å². The first kappa shape index (κ1) is 19.6. The molecule has 0 atom stereocenters. The van der Waals surface area contributed by atoms with E-state index >= 15 is 0 Å². The number of nitro groups is 1. The van der Waals surface area contributed by atoms with Crippen molar-refractivity contribution in [3.8, 4) is 17.2 Å². The van der Waals surface area contributed by atoms with E-state index in [9.17, 15) is 19.7 Å². The Hall–Kier alpha value is -4.20. The molecule has 0 aliphatic carbocycles. The van der Waals surface area contributed by atoms with Crippen molar-refractivity contribution in [1.82, 2.24) is 0 Å². The lowest BCUT2D eigenvalue weighted by Gasteiger charge is -2.10. The summed E-state index contributed by atoms with van der Waals surface area (Å²) in [6.07, 6.45) is 0.436. The van der Waals surface area contributed by atoms with Crippen molar-refractivity contribution in [2.75, 3.05) is 11.9 Å². The van der Waals surface area contributed by atoms with Gasteiger partial charge in [-0.15, -0.1) is 0 Å². The number of aldehydes is 1. The van der Waals surface area contributed by atoms with Crippen LogP contribution in [0.15, 0.2) is 72.8 Å². The van der Waals surface area contributed by atoms with Gasteiger partial charge in [-0.05, 0) is 42.5 Å². The summed E-state index contributed by atoms with van der Waals surface area (Å²) in [7, 11) is 0. The molecule has 0 heterocycles. The van der Waals surface area contributed by atoms with Crippen LogP contribution in [0.4, 0.5) is 11.4 Å². The highest BCUT2D eigenvalue weighted by Gasteiger charge is 2.13. The fourth-order valence-corrected chi connectivity index (χ4v) is 2.44. The van der Waals surface area contributed by atoms with Crippen LogP contribution in [0.2, 0.25) is 0 Å². The second-order valence-electron chi connectivity index (χ2n) is 5.87. The Bertz CT molecular complexity index is 1020. The van der Waals surface area contributed by atoms with Crippen molar-refractivity contribution in [3.05, 3.63) is 88.5 Å². The number of benzene rings is 3. The molecule has 29 heavy (non-hydrogen) atoms. The summed E-state index contributed by atoms with van der Waals surface area (Å²) in [5, 5.41) is 13.4. The predicted octanol–water partition coefficient (Wildman–Crippen LogP) is 4.22. The van der Waals surface area contributed by atoms with Gasteiger partial charge >= 0.3 is 0 Å². The number of hydrogen-bond acceptors (Lipinski definition) is 6. The highest BCUT2D eigenvalue weighted by Crippen LogP contribution is 2.24. The van der Waals surface area contributed by atoms with Crippen LogP contribution >= 0.6 is 0 Å². The third kappa shape index (κ3) is 5.39. The highest BCUT2D eigenvalue weighted by atomic mass is 16.6. The van der Waals surface area contributed by atoms with Gasteiger partial charge in [0, 0.05) is 17.8 Å². The van der Waals surface area contributed by atoms with Gasteiger partial charge in [0.15, 0.2) is 12.9 Å². The first-order chi connectivity index (χ1) is 14.0. The number of amides is 1. The molecule has 0 unspecified atom stereocenters. The lowest BCUT2D eigenvalue weighted by Crippen LogP contribution is -2.20. The minimum atomic E-state index is -0.616. The van der Waals surface area contributed by atoms with Crippen molar-refractivity contribution in [1.29, 1.82) is 0 Å². The van der Waals surface area contributed by atoms with E-state index < -0.39 is 10.8 Å². The van der Waals surface area contributed by atoms with Crippen LogP contribution < -0.4 is 14.8 Å². The quantitative estimate of drug-likeness (QED) is 0.349. The minimum Gasteiger partial charge on any atom is -0.483 e. The number of nitrogens with zero attached hydrogens (tertiary/aromatic N) is 1. The molecular formula is C21H16N2O6. The van der Waals surface area contributed by atoms with Gasteiger partial charge < -0.3 is 14.8 Å². The van der Waals surface area contributed by atoms with E-state index in [1.807, 2.05) is 30.3 Å². The number of non-ortho nitro benzene ring substituents is 1. The molecule has 0 saturated heterocycles. The van der Waals surface area contributed by atoms with E-state index in [1.165, 1.54) is 12.1 Å². The van der Waals surface area contributed by atoms with Crippen LogP contribution in [-0.2, 0) is 4.79 Å². The zero-order chi connectivity index (χ0) is 20.6. The Morgan fingerprint density at radius 2 is 1.69 bits per heavy atom. The maximum Gasteiger partial charge on any atom is 0.270 e. The van der Waals surface area contributed by atoms with Gasteiger partial charge in [-0.3, -0.25) is 19.7 Å². The molecule has 1 amide bonds. The summed E-state index contributed by atoms with van der Waals surface area (Å²) in [5.41, 5.74) is 0.300. The second-order valence-corrected chi connectivity index (χ2v) is 5.87. The molecule has 0 fully saturated rings. The van der Waals surface area contributed by atoms with E-state index in [2.05, 4.69) is 5.32 Å². The Morgan fingerprint density at radius 3 is 2.34 bits per heavy atom. The molecule has 0 bridgehead atoms. The Balaban J connectivity index is 1.55. The number of carbonyl (C=O) groups is 2. The Kier molecular flexibility index (Phi) is 6.16. The van der Waals surface area contributed by atoms with Crippen LogP contribution in [0.3, 0.4) is 0 Å². The number of ether oxygens (including phenoxy) is 2. The first-order valence-electron chi connectivity index (χ1n) is 8.54. The maximum absolute atomic E-state index is 12.1. The summed E-state index contributed by atoms with van der Waals surface area (Å²) in [6, 6.07) is 19.6. The molecule has 0 aromatic heterocycles. The van der Waals surface area contributed by atoms with Crippen molar-refractivity contribution in [2.45, 2.75) is 0 Å². The third-order valence-electron chi connectivity index (χ3n) is 3.81. The fourth-order valence-electron chi connectivity index (χ4n) is 2.44. The highest BCUT2D eigenvalue weighted by molar-refractivity contribution is 5.92. The minimum absolute atomic E-state index is 0.00517. The topological polar surface area (TPSA) is 108 Å². The lowest BCUT2D eigenvalue weighted by molar-refractivity contribution is -0.384. The third-order valence-corrected chi connectivity index (χ3v) is 3.81. The molecule has 146 valence electrons. The molecule has 0 spiro atoms. The van der Waals surface area contributed by atoms with E-state index in [1.54, 1.807) is 24.3 Å². The number of anilines is 1. The molecule has 0 aliphatic rings. The van der Waals surface area contributed by atoms with E-state index in [4.69, 9.17) is 9.47 Å². The van der Waals surface area contributed by atoms with Crippen LogP contribution in [0.1, 0.15) is 10.4 Å². The molecule has 0 aliphatic heterocycles. The van der Waals surface area contributed by atoms with Crippen LogP contribution in [0.25, 0.3) is 0 Å². The maximum atomic E-state index is 12.1. The summed E-state index contributed by atoms with van der Waals surface area (Å²) < 4.78 is 11.0. The van der Waals surface area contributed by atoms with Gasteiger partial charge in [0.1, 0.15) is 17.2 Å². The van der Waals surface area contributed by atoms with Crippen LogP contribution in [-0.4, -0.2) is 23.7 Å². The lowest BCUT2D eigenvalue weighted by atomic mass is 10.2. The summed E-state index contributed by atoms with van der Waals surface area (Å²) >= 11 is 0. The Morgan fingerprint density at radius 1 is 1.00 bits per heavy atom. The standard InChI is InChI=1S/C21H16N2O6/c24-13-15-12-17(23(26)27)8-11-20(15)28-14-21(25)22-16-6-9-19(10-7-16)29-18-4-2-1-3-5-18/h1-13H,14H2,(H,22,25). The summed E-state index contributed by atoms with van der Waals surface area (Å²) in [4.78, 5) is 33.3. The monoisotopic (exact) mass is 392 g/mol. The van der Waals surface area contributed by atoms with E-state index in [-0.39, 0.29) is 23.6 Å². The molecule has 8 heteroatoms. The largest absolute Gasteiger partial charge is 0.483 e. The smallest absolute Gasteiger partial charge is 0.270 e. The molecular weight excluding hydrogens is 376 g/mol. The normalized spacial score (nSPS) is 10.1. The zero-order valence-corrected chi connectivity index (χ0v) is 15.1. The molecule has 8 nitrogen and oxygen atoms in total. The van der Waals surface area contributed by atoms with E-state index in [0.717, 1.165) is 6.07 Å². The molecule has 3 aromatic rings. The fraction of sp³-hybridized carbons (Fsp3) is 0.0476. The van der Waals surface area contributed by atoms with Crippen molar-refractivity contribution < 1.29 is 24.0 Å². The summed E-state index contributed by atoms with van der Waals surface area (Å²) in [6.45, 7) is -0.360. The van der Waals surface area contributed by atoms with Crippen molar-refractivity contribution in [3.63, 3.8) is 0 Å². The van der Waals surface area contributed by atoms with Gasteiger partial charge in [-0.1, -0.05) is 18.2 Å². The van der Waals surface area contributed by atoms with Gasteiger partial charge in [-0.2, -0.15) is 0 Å². The molecule has 0 radical (unpaired) electrons. The van der Waals surface area contributed by atoms with Crippen molar-refractivity contribution >= 4 is 23.6 Å². The Labute approximate surface area is 165 Å². The van der Waals surface area contributed by atoms with Gasteiger partial charge in [0.25, 0.3) is 11.6 Å². The number of nitro benzene ring substituents is 1. The number of para-hydroxylation sites is 1. The molecule has 1 N–H and O–H groups in total. The SMILES string of the molecule is O=Cc1cc([N+](=O)[O-])ccc1OCC(=O)Nc1ccc(Oc2ccccc2)cc1. The predicted molar refractivity (Wildman–Crippen MR) is 106 cm³/mol. The second kappa shape index (κ2) is 9.14. The van der Waals surface area contributed by atoms with Crippen LogP contribution in [0, 0.1) is 10.1 Å². The first-order valence-corrected chi connectivity index (χ1v) is 8.54. The van der Waals surface area contributed by atoms with E-state index in [0.29, 0.717) is 23.5 Å².